The SMILES string of the molecule is COc1ccc(N(CC(=O)Nc2cc(Cl)ccc2Oc2ccccc2)S(=O)(=O)c2ccccc2)cc1. The van der Waals surface area contributed by atoms with Gasteiger partial charge in [0.05, 0.1) is 23.4 Å². The number of ether oxygens (including phenoxy) is 2. The molecule has 0 aliphatic heterocycles. The molecule has 0 fully saturated rings. The first-order chi connectivity index (χ1) is 17.4. The Hall–Kier alpha value is -4.01. The maximum Gasteiger partial charge on any atom is 0.264 e. The molecule has 0 saturated heterocycles. The highest BCUT2D eigenvalue weighted by Gasteiger charge is 2.27. The highest BCUT2D eigenvalue weighted by Crippen LogP contribution is 2.32. The van der Waals surface area contributed by atoms with E-state index in [2.05, 4.69) is 5.32 Å². The largest absolute Gasteiger partial charge is 0.497 e. The zero-order chi connectivity index (χ0) is 25.5. The lowest BCUT2D eigenvalue weighted by atomic mass is 10.2. The number of nitrogens with one attached hydrogen (secondary N) is 1. The van der Waals surface area contributed by atoms with Crippen molar-refractivity contribution in [1.29, 1.82) is 0 Å². The third-order valence-corrected chi connectivity index (χ3v) is 7.19. The number of anilines is 2. The third kappa shape index (κ3) is 5.97. The molecule has 0 aromatic heterocycles. The summed E-state index contributed by atoms with van der Waals surface area (Å²) in [4.78, 5) is 13.2. The van der Waals surface area contributed by atoms with E-state index >= 15 is 0 Å². The molecule has 0 bridgehead atoms. The smallest absolute Gasteiger partial charge is 0.264 e. The number of amides is 1. The standard InChI is InChI=1S/C27H23ClN2O5S/c1-34-22-15-13-21(14-16-22)30(36(32,33)24-10-6-3-7-11-24)19-27(31)29-25-18-20(28)12-17-26(25)35-23-8-4-2-5-9-23/h2-18H,19H2,1H3,(H,29,31). The predicted molar refractivity (Wildman–Crippen MR) is 141 cm³/mol. The highest BCUT2D eigenvalue weighted by molar-refractivity contribution is 7.92. The van der Waals surface area contributed by atoms with Crippen LogP contribution in [0.5, 0.6) is 17.2 Å². The number of carbonyl (C=O) groups excluding carboxylic acids is 1. The molecular formula is C27H23ClN2O5S. The predicted octanol–water partition coefficient (Wildman–Crippen LogP) is 5.97. The minimum atomic E-state index is -4.05. The summed E-state index contributed by atoms with van der Waals surface area (Å²) >= 11 is 6.16. The Morgan fingerprint density at radius 3 is 2.14 bits per heavy atom. The van der Waals surface area contributed by atoms with Crippen LogP contribution in [0.1, 0.15) is 0 Å². The summed E-state index contributed by atoms with van der Waals surface area (Å²) in [6.45, 7) is -0.485. The van der Waals surface area contributed by atoms with Crippen LogP contribution in [0.3, 0.4) is 0 Å². The number of methoxy groups -OCH3 is 1. The minimum absolute atomic E-state index is 0.0597. The Balaban J connectivity index is 1.63. The second-order valence-electron chi connectivity index (χ2n) is 7.63. The van der Waals surface area contributed by atoms with Crippen LogP contribution >= 0.6 is 11.6 Å². The average molecular weight is 523 g/mol. The van der Waals surface area contributed by atoms with Crippen LogP contribution in [0, 0.1) is 0 Å². The van der Waals surface area contributed by atoms with E-state index in [1.165, 1.54) is 19.2 Å². The zero-order valence-corrected chi connectivity index (χ0v) is 20.9. The summed E-state index contributed by atoms with van der Waals surface area (Å²) in [5.74, 6) is 0.912. The first-order valence-electron chi connectivity index (χ1n) is 10.9. The van der Waals surface area contributed by atoms with Gasteiger partial charge in [0.25, 0.3) is 10.0 Å². The fraction of sp³-hybridized carbons (Fsp3) is 0.0741. The molecule has 1 amide bonds. The number of carbonyl (C=O) groups is 1. The molecule has 1 N–H and O–H groups in total. The molecule has 4 aromatic carbocycles. The molecule has 4 rings (SSSR count). The lowest BCUT2D eigenvalue weighted by molar-refractivity contribution is -0.114. The molecule has 0 saturated carbocycles. The van der Waals surface area contributed by atoms with Crippen molar-refractivity contribution < 1.29 is 22.7 Å². The van der Waals surface area contributed by atoms with Gasteiger partial charge in [-0.15, -0.1) is 0 Å². The molecule has 36 heavy (non-hydrogen) atoms. The van der Waals surface area contributed by atoms with Crippen LogP contribution in [-0.4, -0.2) is 28.0 Å². The molecule has 9 heteroatoms. The number of benzene rings is 4. The van der Waals surface area contributed by atoms with Crippen molar-refractivity contribution in [2.24, 2.45) is 0 Å². The fourth-order valence-corrected chi connectivity index (χ4v) is 5.02. The number of halogens is 1. The topological polar surface area (TPSA) is 84.9 Å². The van der Waals surface area contributed by atoms with Crippen molar-refractivity contribution >= 4 is 38.9 Å². The second-order valence-corrected chi connectivity index (χ2v) is 9.93. The van der Waals surface area contributed by atoms with Crippen LogP contribution in [0.4, 0.5) is 11.4 Å². The molecule has 7 nitrogen and oxygen atoms in total. The Morgan fingerprint density at radius 2 is 1.50 bits per heavy atom. The molecule has 0 aliphatic rings. The molecular weight excluding hydrogens is 500 g/mol. The van der Waals surface area contributed by atoms with Gasteiger partial charge < -0.3 is 14.8 Å². The summed E-state index contributed by atoms with van der Waals surface area (Å²) < 4.78 is 39.1. The van der Waals surface area contributed by atoms with Gasteiger partial charge in [0, 0.05) is 5.02 Å². The van der Waals surface area contributed by atoms with Crippen LogP contribution in [0.25, 0.3) is 0 Å². The van der Waals surface area contributed by atoms with Gasteiger partial charge in [0.15, 0.2) is 5.75 Å². The van der Waals surface area contributed by atoms with Gasteiger partial charge >= 0.3 is 0 Å². The van der Waals surface area contributed by atoms with E-state index in [9.17, 15) is 13.2 Å². The average Bonchev–Trinajstić information content (AvgIpc) is 2.90. The van der Waals surface area contributed by atoms with E-state index in [1.807, 2.05) is 18.2 Å². The molecule has 0 radical (unpaired) electrons. The van der Waals surface area contributed by atoms with Gasteiger partial charge in [-0.25, -0.2) is 8.42 Å². The Morgan fingerprint density at radius 1 is 0.861 bits per heavy atom. The lowest BCUT2D eigenvalue weighted by Gasteiger charge is -2.24. The Kier molecular flexibility index (Phi) is 7.77. The van der Waals surface area contributed by atoms with Gasteiger partial charge in [-0.3, -0.25) is 9.10 Å². The van der Waals surface area contributed by atoms with Gasteiger partial charge in [-0.05, 0) is 66.7 Å². The first-order valence-corrected chi connectivity index (χ1v) is 12.7. The Labute approximate surface area is 214 Å². The number of hydrogen-bond acceptors (Lipinski definition) is 5. The molecule has 184 valence electrons. The van der Waals surface area contributed by atoms with Crippen molar-refractivity contribution in [3.8, 4) is 17.2 Å². The van der Waals surface area contributed by atoms with Crippen molar-refractivity contribution in [1.82, 2.24) is 0 Å². The van der Waals surface area contributed by atoms with Crippen LogP contribution in [0.15, 0.2) is 108 Å². The number of para-hydroxylation sites is 1. The fourth-order valence-electron chi connectivity index (χ4n) is 3.41. The summed E-state index contributed by atoms with van der Waals surface area (Å²) in [5.41, 5.74) is 0.616. The first kappa shape index (κ1) is 25.1. The normalized spacial score (nSPS) is 10.9. The van der Waals surface area contributed by atoms with Crippen LogP contribution in [0.2, 0.25) is 5.02 Å². The zero-order valence-electron chi connectivity index (χ0n) is 19.3. The second kappa shape index (κ2) is 11.2. The monoisotopic (exact) mass is 522 g/mol. The molecule has 0 spiro atoms. The highest BCUT2D eigenvalue weighted by atomic mass is 35.5. The van der Waals surface area contributed by atoms with E-state index in [1.54, 1.807) is 72.8 Å². The van der Waals surface area contributed by atoms with Gasteiger partial charge in [0.2, 0.25) is 5.91 Å². The van der Waals surface area contributed by atoms with E-state index in [0.717, 1.165) is 4.31 Å². The van der Waals surface area contributed by atoms with Crippen molar-refractivity contribution in [2.45, 2.75) is 4.90 Å². The third-order valence-electron chi connectivity index (χ3n) is 5.17. The van der Waals surface area contributed by atoms with Gasteiger partial charge in [-0.1, -0.05) is 48.0 Å². The molecule has 0 aliphatic carbocycles. The summed E-state index contributed by atoms with van der Waals surface area (Å²) in [6.07, 6.45) is 0. The molecule has 4 aromatic rings. The number of hydrogen-bond donors (Lipinski definition) is 1. The van der Waals surface area contributed by atoms with Gasteiger partial charge in [-0.2, -0.15) is 0 Å². The van der Waals surface area contributed by atoms with Crippen LogP contribution < -0.4 is 19.1 Å². The molecule has 0 heterocycles. The molecule has 0 atom stereocenters. The number of nitrogens with zero attached hydrogens (tertiary/aromatic N) is 1. The van der Waals surface area contributed by atoms with E-state index in [4.69, 9.17) is 21.1 Å². The van der Waals surface area contributed by atoms with E-state index in [0.29, 0.717) is 33.6 Å². The Bertz CT molecular complexity index is 1430. The number of rotatable bonds is 9. The van der Waals surface area contributed by atoms with Crippen molar-refractivity contribution in [2.75, 3.05) is 23.3 Å². The van der Waals surface area contributed by atoms with Crippen molar-refractivity contribution in [3.63, 3.8) is 0 Å². The quantitative estimate of drug-likeness (QED) is 0.292. The number of sulfonamides is 1. The lowest BCUT2D eigenvalue weighted by Crippen LogP contribution is -2.38. The molecule has 0 unspecified atom stereocenters. The van der Waals surface area contributed by atoms with Gasteiger partial charge in [0.1, 0.15) is 18.0 Å². The maximum absolute atomic E-state index is 13.5. The maximum atomic E-state index is 13.5. The van der Waals surface area contributed by atoms with Crippen LogP contribution in [-0.2, 0) is 14.8 Å². The van der Waals surface area contributed by atoms with E-state index < -0.39 is 22.5 Å². The summed E-state index contributed by atoms with van der Waals surface area (Å²) in [7, 11) is -2.54. The van der Waals surface area contributed by atoms with Crippen molar-refractivity contribution in [3.05, 3.63) is 108 Å². The minimum Gasteiger partial charge on any atom is -0.497 e. The summed E-state index contributed by atoms with van der Waals surface area (Å²) in [6, 6.07) is 28.2. The van der Waals surface area contributed by atoms with E-state index in [-0.39, 0.29) is 4.90 Å². The summed E-state index contributed by atoms with van der Waals surface area (Å²) in [5, 5.41) is 3.12.